The summed E-state index contributed by atoms with van der Waals surface area (Å²) < 4.78 is 0. The molecule has 1 unspecified atom stereocenters. The number of para-hydroxylation sites is 1. The van der Waals surface area contributed by atoms with E-state index in [9.17, 15) is 0 Å². The van der Waals surface area contributed by atoms with Gasteiger partial charge in [-0.3, -0.25) is 4.90 Å². The highest BCUT2D eigenvalue weighted by Gasteiger charge is 2.22. The molecular weight excluding hydrogens is 318 g/mol. The van der Waals surface area contributed by atoms with Crippen molar-refractivity contribution in [1.29, 1.82) is 0 Å². The number of hydrogen-bond acceptors (Lipinski definition) is 2. The van der Waals surface area contributed by atoms with Crippen LogP contribution in [0.25, 0.3) is 16.5 Å². The second-order valence-corrected chi connectivity index (χ2v) is 7.51. The minimum absolute atomic E-state index is 0.660. The molecule has 0 radical (unpaired) electrons. The van der Waals surface area contributed by atoms with Crippen LogP contribution in [0.5, 0.6) is 0 Å². The summed E-state index contributed by atoms with van der Waals surface area (Å²) in [7, 11) is 0. The Balaban J connectivity index is 1.21. The Labute approximate surface area is 154 Å². The van der Waals surface area contributed by atoms with Crippen molar-refractivity contribution in [3.63, 3.8) is 0 Å². The van der Waals surface area contributed by atoms with Crippen molar-refractivity contribution in [2.45, 2.75) is 18.8 Å². The van der Waals surface area contributed by atoms with Gasteiger partial charge in [0.2, 0.25) is 0 Å². The normalized spacial score (nSPS) is 20.0. The minimum Gasteiger partial charge on any atom is -0.384 e. The maximum Gasteiger partial charge on any atom is 0.0454 e. The van der Waals surface area contributed by atoms with Gasteiger partial charge >= 0.3 is 0 Å². The molecule has 0 bridgehead atoms. The van der Waals surface area contributed by atoms with Crippen molar-refractivity contribution < 1.29 is 0 Å². The Bertz CT molecular complexity index is 953. The fourth-order valence-corrected chi connectivity index (χ4v) is 4.38. The van der Waals surface area contributed by atoms with E-state index < -0.39 is 0 Å². The number of benzene rings is 2. The lowest BCUT2D eigenvalue weighted by molar-refractivity contribution is 0.290. The molecule has 2 aromatic carbocycles. The van der Waals surface area contributed by atoms with Crippen LogP contribution in [0.2, 0.25) is 0 Å². The molecule has 0 fully saturated rings. The number of aromatic amines is 1. The third-order valence-electron chi connectivity index (χ3n) is 5.95. The van der Waals surface area contributed by atoms with E-state index in [-0.39, 0.29) is 0 Å². The molecule has 26 heavy (non-hydrogen) atoms. The Kier molecular flexibility index (Phi) is 4.02. The van der Waals surface area contributed by atoms with Gasteiger partial charge in [0.25, 0.3) is 0 Å². The first-order valence-corrected chi connectivity index (χ1v) is 9.68. The number of nitrogens with one attached hydrogen (secondary N) is 2. The van der Waals surface area contributed by atoms with E-state index in [1.807, 2.05) is 6.20 Å². The summed E-state index contributed by atoms with van der Waals surface area (Å²) in [5.74, 6) is 0.660. The van der Waals surface area contributed by atoms with Crippen LogP contribution in [0.1, 0.15) is 29.9 Å². The lowest BCUT2D eigenvalue weighted by Gasteiger charge is -2.27. The predicted octanol–water partition coefficient (Wildman–Crippen LogP) is 4.86. The Morgan fingerprint density at radius 2 is 2.04 bits per heavy atom. The molecular formula is C23H25N3. The molecule has 0 aliphatic carbocycles. The first kappa shape index (κ1) is 15.7. The highest BCUT2D eigenvalue weighted by Crippen LogP contribution is 2.33. The van der Waals surface area contributed by atoms with Gasteiger partial charge in [-0.25, -0.2) is 0 Å². The molecule has 2 N–H and O–H groups in total. The van der Waals surface area contributed by atoms with Crippen LogP contribution in [0, 0.1) is 0 Å². The average molecular weight is 343 g/mol. The van der Waals surface area contributed by atoms with Crippen LogP contribution in [0.4, 0.5) is 5.69 Å². The first-order chi connectivity index (χ1) is 12.9. The molecule has 2 aliphatic rings. The average Bonchev–Trinajstić information content (AvgIpc) is 3.33. The van der Waals surface area contributed by atoms with Crippen molar-refractivity contribution in [2.24, 2.45) is 0 Å². The molecule has 1 atom stereocenters. The zero-order chi connectivity index (χ0) is 17.3. The van der Waals surface area contributed by atoms with Gasteiger partial charge in [0.1, 0.15) is 0 Å². The first-order valence-electron chi connectivity index (χ1n) is 9.68. The molecule has 2 aliphatic heterocycles. The van der Waals surface area contributed by atoms with Crippen molar-refractivity contribution in [3.8, 4) is 0 Å². The summed E-state index contributed by atoms with van der Waals surface area (Å²) >= 11 is 0. The quantitative estimate of drug-likeness (QED) is 0.709. The lowest BCUT2D eigenvalue weighted by Crippen LogP contribution is -2.30. The number of fused-ring (bicyclic) bond motifs is 2. The van der Waals surface area contributed by atoms with Gasteiger partial charge in [-0.2, -0.15) is 0 Å². The largest absolute Gasteiger partial charge is 0.384 e. The van der Waals surface area contributed by atoms with E-state index in [0.29, 0.717) is 5.92 Å². The number of rotatable bonds is 4. The van der Waals surface area contributed by atoms with Crippen LogP contribution in [0.15, 0.2) is 60.8 Å². The summed E-state index contributed by atoms with van der Waals surface area (Å²) in [6.07, 6.45) is 6.83. The maximum atomic E-state index is 3.55. The third-order valence-corrected chi connectivity index (χ3v) is 5.95. The summed E-state index contributed by atoms with van der Waals surface area (Å²) in [4.78, 5) is 5.87. The fourth-order valence-electron chi connectivity index (χ4n) is 4.38. The second kappa shape index (κ2) is 6.65. The monoisotopic (exact) mass is 343 g/mol. The summed E-state index contributed by atoms with van der Waals surface area (Å²) in [6.45, 7) is 4.51. The van der Waals surface area contributed by atoms with E-state index in [0.717, 1.165) is 19.5 Å². The molecule has 3 nitrogen and oxygen atoms in total. The third kappa shape index (κ3) is 2.93. The molecule has 0 amide bonds. The molecule has 0 spiro atoms. The van der Waals surface area contributed by atoms with E-state index in [4.69, 9.17) is 0 Å². The summed E-state index contributed by atoms with van der Waals surface area (Å²) in [6, 6.07) is 17.7. The smallest absolute Gasteiger partial charge is 0.0454 e. The molecule has 0 saturated heterocycles. The van der Waals surface area contributed by atoms with Gasteiger partial charge in [0.05, 0.1) is 0 Å². The molecule has 1 aromatic heterocycles. The van der Waals surface area contributed by atoms with E-state index in [1.54, 1.807) is 0 Å². The number of aromatic nitrogens is 1. The Morgan fingerprint density at radius 1 is 1.08 bits per heavy atom. The number of H-pyrrole nitrogens is 1. The molecule has 132 valence electrons. The highest BCUT2D eigenvalue weighted by atomic mass is 15.1. The van der Waals surface area contributed by atoms with Crippen molar-refractivity contribution in [3.05, 3.63) is 71.9 Å². The van der Waals surface area contributed by atoms with E-state index >= 15 is 0 Å². The number of nitrogens with zero attached hydrogens (tertiary/aromatic N) is 1. The van der Waals surface area contributed by atoms with Crippen LogP contribution < -0.4 is 5.32 Å². The number of hydrogen-bond donors (Lipinski definition) is 2. The van der Waals surface area contributed by atoms with Crippen molar-refractivity contribution in [1.82, 2.24) is 9.88 Å². The van der Waals surface area contributed by atoms with Gasteiger partial charge in [-0.05, 0) is 65.7 Å². The minimum atomic E-state index is 0.660. The van der Waals surface area contributed by atoms with Gasteiger partial charge in [0, 0.05) is 43.0 Å². The van der Waals surface area contributed by atoms with Crippen molar-refractivity contribution in [2.75, 3.05) is 31.5 Å². The zero-order valence-electron chi connectivity index (χ0n) is 15.0. The highest BCUT2D eigenvalue weighted by molar-refractivity contribution is 5.84. The topological polar surface area (TPSA) is 31.1 Å². The Morgan fingerprint density at radius 3 is 2.96 bits per heavy atom. The van der Waals surface area contributed by atoms with Gasteiger partial charge in [-0.15, -0.1) is 0 Å². The number of anilines is 1. The van der Waals surface area contributed by atoms with Crippen LogP contribution in [-0.4, -0.2) is 36.1 Å². The van der Waals surface area contributed by atoms with E-state index in [2.05, 4.69) is 69.8 Å². The van der Waals surface area contributed by atoms with Crippen LogP contribution in [0.3, 0.4) is 0 Å². The SMILES string of the molecule is C1=C(c2ccc3[nH]ccc3c2)CCN(CCC2CNc3ccccc32)C1. The molecule has 0 saturated carbocycles. The molecule has 3 heterocycles. The zero-order valence-corrected chi connectivity index (χ0v) is 15.0. The summed E-state index contributed by atoms with van der Waals surface area (Å²) in [5.41, 5.74) is 6.93. The van der Waals surface area contributed by atoms with Crippen LogP contribution in [-0.2, 0) is 0 Å². The van der Waals surface area contributed by atoms with Gasteiger partial charge < -0.3 is 10.3 Å². The van der Waals surface area contributed by atoms with Crippen LogP contribution >= 0.6 is 0 Å². The molecule has 3 aromatic rings. The standard InChI is InChI=1S/C23H25N3/c1-2-4-23-21(3-1)20(16-25-23)10-14-26-12-8-17(9-13-26)18-5-6-22-19(15-18)7-11-24-22/h1-8,11,15,20,24-25H,9-10,12-14,16H2. The van der Waals surface area contributed by atoms with E-state index in [1.165, 1.54) is 52.8 Å². The molecule has 3 heteroatoms. The maximum absolute atomic E-state index is 3.55. The molecule has 5 rings (SSSR count). The fraction of sp³-hybridized carbons (Fsp3) is 0.304. The van der Waals surface area contributed by atoms with Gasteiger partial charge in [-0.1, -0.05) is 30.3 Å². The van der Waals surface area contributed by atoms with Crippen molar-refractivity contribution >= 4 is 22.2 Å². The lowest BCUT2D eigenvalue weighted by atomic mass is 9.96. The summed E-state index contributed by atoms with van der Waals surface area (Å²) in [5, 5.41) is 4.85. The second-order valence-electron chi connectivity index (χ2n) is 7.51. The predicted molar refractivity (Wildman–Crippen MR) is 110 cm³/mol. The Hall–Kier alpha value is -2.52. The van der Waals surface area contributed by atoms with Gasteiger partial charge in [0.15, 0.2) is 0 Å².